The molecule has 0 aliphatic carbocycles. The van der Waals surface area contributed by atoms with Crippen LogP contribution in [-0.4, -0.2) is 45.2 Å². The van der Waals surface area contributed by atoms with Crippen LogP contribution in [0.15, 0.2) is 18.2 Å². The number of piperidine rings is 1. The number of hydrogen-bond donors (Lipinski definition) is 1. The summed E-state index contributed by atoms with van der Waals surface area (Å²) in [7, 11) is 5.32. The highest BCUT2D eigenvalue weighted by Crippen LogP contribution is 2.31. The van der Waals surface area contributed by atoms with Gasteiger partial charge in [0.2, 0.25) is 5.91 Å². The minimum Gasteiger partial charge on any atom is -0.493 e. The van der Waals surface area contributed by atoms with Gasteiger partial charge in [-0.05, 0) is 50.6 Å². The van der Waals surface area contributed by atoms with Crippen LogP contribution in [0.4, 0.5) is 0 Å². The summed E-state index contributed by atoms with van der Waals surface area (Å²) in [5.41, 5.74) is 1.04. The van der Waals surface area contributed by atoms with Gasteiger partial charge in [0.15, 0.2) is 11.5 Å². The van der Waals surface area contributed by atoms with Gasteiger partial charge in [-0.15, -0.1) is 0 Å². The summed E-state index contributed by atoms with van der Waals surface area (Å²) in [4.78, 5) is 14.8. The van der Waals surface area contributed by atoms with Crippen molar-refractivity contribution in [3.05, 3.63) is 23.8 Å². The van der Waals surface area contributed by atoms with Crippen molar-refractivity contribution in [2.45, 2.75) is 32.2 Å². The molecular formula is C18H28N2O3. The quantitative estimate of drug-likeness (QED) is 0.875. The molecule has 1 aromatic rings. The van der Waals surface area contributed by atoms with Crippen LogP contribution in [0, 0.1) is 5.92 Å². The van der Waals surface area contributed by atoms with Crippen molar-refractivity contribution in [2.24, 2.45) is 5.92 Å². The van der Waals surface area contributed by atoms with Crippen LogP contribution in [0.5, 0.6) is 11.5 Å². The number of carbonyl (C=O) groups is 1. The van der Waals surface area contributed by atoms with Crippen LogP contribution in [-0.2, 0) is 4.79 Å². The number of ether oxygens (including phenoxy) is 2. The van der Waals surface area contributed by atoms with Gasteiger partial charge in [-0.3, -0.25) is 4.79 Å². The number of methoxy groups -OCH3 is 2. The zero-order chi connectivity index (χ0) is 16.8. The normalized spacial score (nSPS) is 19.9. The van der Waals surface area contributed by atoms with E-state index in [1.807, 2.05) is 18.2 Å². The summed E-state index contributed by atoms with van der Waals surface area (Å²) in [6.45, 7) is 4.00. The van der Waals surface area contributed by atoms with E-state index in [-0.39, 0.29) is 17.9 Å². The van der Waals surface area contributed by atoms with E-state index >= 15 is 0 Å². The summed E-state index contributed by atoms with van der Waals surface area (Å²) in [6, 6.07) is 5.81. The van der Waals surface area contributed by atoms with Crippen molar-refractivity contribution < 1.29 is 14.3 Å². The molecular weight excluding hydrogens is 292 g/mol. The SMILES string of the molecule is CC[C@H](NC(=O)[C@@H]1CCCN(C)C1)c1ccc(OC)c(OC)c1. The van der Waals surface area contributed by atoms with Gasteiger partial charge in [-0.1, -0.05) is 13.0 Å². The average molecular weight is 320 g/mol. The molecule has 0 unspecified atom stereocenters. The molecule has 23 heavy (non-hydrogen) atoms. The van der Waals surface area contributed by atoms with E-state index in [0.29, 0.717) is 11.5 Å². The molecule has 2 atom stereocenters. The lowest BCUT2D eigenvalue weighted by atomic mass is 9.96. The third-order valence-electron chi connectivity index (χ3n) is 4.53. The largest absolute Gasteiger partial charge is 0.493 e. The number of hydrogen-bond acceptors (Lipinski definition) is 4. The molecule has 128 valence electrons. The number of nitrogens with zero attached hydrogens (tertiary/aromatic N) is 1. The van der Waals surface area contributed by atoms with E-state index in [2.05, 4.69) is 24.2 Å². The Morgan fingerprint density at radius 1 is 1.35 bits per heavy atom. The molecule has 1 saturated heterocycles. The Morgan fingerprint density at radius 2 is 2.09 bits per heavy atom. The molecule has 0 spiro atoms. The Hall–Kier alpha value is -1.75. The van der Waals surface area contributed by atoms with Gasteiger partial charge < -0.3 is 19.7 Å². The van der Waals surface area contributed by atoms with Crippen LogP contribution >= 0.6 is 0 Å². The molecule has 0 saturated carbocycles. The van der Waals surface area contributed by atoms with Crippen LogP contribution in [0.1, 0.15) is 37.8 Å². The fourth-order valence-corrected chi connectivity index (χ4v) is 3.16. The standard InChI is InChI=1S/C18H28N2O3/c1-5-15(13-8-9-16(22-3)17(11-13)23-4)19-18(21)14-7-6-10-20(2)12-14/h8-9,11,14-15H,5-7,10,12H2,1-4H3,(H,19,21)/t14-,15+/m1/s1. The second-order valence-corrected chi connectivity index (χ2v) is 6.19. The summed E-state index contributed by atoms with van der Waals surface area (Å²) < 4.78 is 10.6. The highest BCUT2D eigenvalue weighted by molar-refractivity contribution is 5.79. The molecule has 1 heterocycles. The smallest absolute Gasteiger partial charge is 0.224 e. The first-order chi connectivity index (χ1) is 11.1. The number of benzene rings is 1. The van der Waals surface area contributed by atoms with Gasteiger partial charge in [0.05, 0.1) is 26.2 Å². The van der Waals surface area contributed by atoms with Gasteiger partial charge in [0.1, 0.15) is 0 Å². The molecule has 1 aliphatic rings. The van der Waals surface area contributed by atoms with Crippen molar-refractivity contribution in [1.29, 1.82) is 0 Å². The van der Waals surface area contributed by atoms with Crippen LogP contribution < -0.4 is 14.8 Å². The number of rotatable bonds is 6. The molecule has 2 rings (SSSR count). The average Bonchev–Trinajstić information content (AvgIpc) is 2.58. The third kappa shape index (κ3) is 4.38. The monoisotopic (exact) mass is 320 g/mol. The second kappa shape index (κ2) is 8.20. The van der Waals surface area contributed by atoms with Crippen LogP contribution in [0.3, 0.4) is 0 Å². The molecule has 5 nitrogen and oxygen atoms in total. The first kappa shape index (κ1) is 17.6. The van der Waals surface area contributed by atoms with Crippen molar-refractivity contribution >= 4 is 5.91 Å². The minimum absolute atomic E-state index is 0.00506. The maximum atomic E-state index is 12.6. The van der Waals surface area contributed by atoms with Gasteiger partial charge >= 0.3 is 0 Å². The summed E-state index contributed by atoms with van der Waals surface area (Å²) in [5.74, 6) is 1.63. The number of nitrogens with one attached hydrogen (secondary N) is 1. The third-order valence-corrected chi connectivity index (χ3v) is 4.53. The predicted octanol–water partition coefficient (Wildman–Crippen LogP) is 2.61. The minimum atomic E-state index is -0.00506. The van der Waals surface area contributed by atoms with E-state index in [4.69, 9.17) is 9.47 Å². The zero-order valence-electron chi connectivity index (χ0n) is 14.6. The maximum Gasteiger partial charge on any atom is 0.224 e. The topological polar surface area (TPSA) is 50.8 Å². The Morgan fingerprint density at radius 3 is 2.70 bits per heavy atom. The lowest BCUT2D eigenvalue weighted by molar-refractivity contribution is -0.127. The summed E-state index contributed by atoms with van der Waals surface area (Å²) >= 11 is 0. The Balaban J connectivity index is 2.08. The summed E-state index contributed by atoms with van der Waals surface area (Å²) in [5, 5.41) is 3.20. The number of amides is 1. The van der Waals surface area contributed by atoms with Crippen LogP contribution in [0.25, 0.3) is 0 Å². The van der Waals surface area contributed by atoms with E-state index in [1.54, 1.807) is 14.2 Å². The Labute approximate surface area is 139 Å². The van der Waals surface area contributed by atoms with E-state index < -0.39 is 0 Å². The van der Waals surface area contributed by atoms with Crippen molar-refractivity contribution in [3.63, 3.8) is 0 Å². The Kier molecular flexibility index (Phi) is 6.28. The molecule has 1 fully saturated rings. The number of likely N-dealkylation sites (tertiary alicyclic amines) is 1. The van der Waals surface area contributed by atoms with Gasteiger partial charge in [0, 0.05) is 6.54 Å². The van der Waals surface area contributed by atoms with Crippen LogP contribution in [0.2, 0.25) is 0 Å². The first-order valence-corrected chi connectivity index (χ1v) is 8.29. The maximum absolute atomic E-state index is 12.6. The van der Waals surface area contributed by atoms with E-state index in [0.717, 1.165) is 37.9 Å². The predicted molar refractivity (Wildman–Crippen MR) is 90.9 cm³/mol. The molecule has 5 heteroatoms. The van der Waals surface area contributed by atoms with Crippen molar-refractivity contribution in [3.8, 4) is 11.5 Å². The molecule has 0 radical (unpaired) electrons. The molecule has 0 aromatic heterocycles. The lowest BCUT2D eigenvalue weighted by Gasteiger charge is -2.30. The van der Waals surface area contributed by atoms with Crippen molar-refractivity contribution in [1.82, 2.24) is 10.2 Å². The fourth-order valence-electron chi connectivity index (χ4n) is 3.16. The van der Waals surface area contributed by atoms with E-state index in [9.17, 15) is 4.79 Å². The van der Waals surface area contributed by atoms with Gasteiger partial charge in [0.25, 0.3) is 0 Å². The number of carbonyl (C=O) groups excluding carboxylic acids is 1. The molecule has 1 N–H and O–H groups in total. The molecule has 0 bridgehead atoms. The first-order valence-electron chi connectivity index (χ1n) is 8.29. The molecule has 1 aromatic carbocycles. The lowest BCUT2D eigenvalue weighted by Crippen LogP contribution is -2.42. The highest BCUT2D eigenvalue weighted by Gasteiger charge is 2.26. The van der Waals surface area contributed by atoms with Gasteiger partial charge in [-0.25, -0.2) is 0 Å². The zero-order valence-corrected chi connectivity index (χ0v) is 14.6. The summed E-state index contributed by atoms with van der Waals surface area (Å²) in [6.07, 6.45) is 2.89. The second-order valence-electron chi connectivity index (χ2n) is 6.19. The Bertz CT molecular complexity index is 533. The van der Waals surface area contributed by atoms with Crippen molar-refractivity contribution in [2.75, 3.05) is 34.4 Å². The highest BCUT2D eigenvalue weighted by atomic mass is 16.5. The molecule has 1 aliphatic heterocycles. The van der Waals surface area contributed by atoms with Gasteiger partial charge in [-0.2, -0.15) is 0 Å². The molecule has 1 amide bonds. The fraction of sp³-hybridized carbons (Fsp3) is 0.611. The van der Waals surface area contributed by atoms with E-state index in [1.165, 1.54) is 0 Å².